The molecular weight excluding hydrogens is 355 g/mol. The Morgan fingerprint density at radius 1 is 1.35 bits per heavy atom. The molecule has 4 nitrogen and oxygen atoms in total. The molecule has 3 aromatic rings. The average molecular weight is 373 g/mol. The lowest BCUT2D eigenvalue weighted by Crippen LogP contribution is -2.41. The molecule has 0 bridgehead atoms. The highest BCUT2D eigenvalue weighted by Crippen LogP contribution is 2.39. The van der Waals surface area contributed by atoms with Gasteiger partial charge in [0, 0.05) is 28.2 Å². The first kappa shape index (κ1) is 16.9. The Hall–Kier alpha value is -2.53. The summed E-state index contributed by atoms with van der Waals surface area (Å²) in [7, 11) is 0. The smallest absolute Gasteiger partial charge is 0.410 e. The van der Waals surface area contributed by atoms with Crippen LogP contribution in [0, 0.1) is 5.82 Å². The third-order valence-corrected chi connectivity index (χ3v) is 4.99. The first-order valence-corrected chi connectivity index (χ1v) is 8.95. The summed E-state index contributed by atoms with van der Waals surface area (Å²) >= 11 is 6.16. The Labute approximate surface area is 155 Å². The number of hydrogen-bond donors (Lipinski definition) is 1. The molecule has 1 unspecified atom stereocenters. The fraction of sp³-hybridized carbons (Fsp3) is 0.250. The van der Waals surface area contributed by atoms with E-state index in [1.54, 1.807) is 17.9 Å². The maximum Gasteiger partial charge on any atom is 0.410 e. The summed E-state index contributed by atoms with van der Waals surface area (Å²) in [5.41, 5.74) is 3.65. The summed E-state index contributed by atoms with van der Waals surface area (Å²) in [5.74, 6) is -0.336. The molecule has 2 aromatic carbocycles. The molecule has 1 N–H and O–H groups in total. The van der Waals surface area contributed by atoms with Crippen molar-refractivity contribution in [2.75, 3.05) is 13.2 Å². The topological polar surface area (TPSA) is 45.3 Å². The maximum atomic E-state index is 13.9. The van der Waals surface area contributed by atoms with Crippen LogP contribution < -0.4 is 0 Å². The number of aromatic amines is 1. The van der Waals surface area contributed by atoms with E-state index in [0.29, 0.717) is 30.2 Å². The zero-order valence-electron chi connectivity index (χ0n) is 14.3. The number of fused-ring (bicyclic) bond motifs is 3. The van der Waals surface area contributed by atoms with Crippen molar-refractivity contribution in [2.24, 2.45) is 0 Å². The number of amides is 1. The zero-order chi connectivity index (χ0) is 18.3. The van der Waals surface area contributed by atoms with Crippen molar-refractivity contribution in [3.63, 3.8) is 0 Å². The van der Waals surface area contributed by atoms with Gasteiger partial charge in [0.2, 0.25) is 0 Å². The average Bonchev–Trinajstić information content (AvgIpc) is 2.99. The van der Waals surface area contributed by atoms with Crippen LogP contribution in [0.3, 0.4) is 0 Å². The summed E-state index contributed by atoms with van der Waals surface area (Å²) < 4.78 is 19.1. The molecular formula is C20H18ClFN2O2. The molecule has 0 radical (unpaired) electrons. The van der Waals surface area contributed by atoms with Crippen molar-refractivity contribution >= 4 is 28.6 Å². The number of H-pyrrole nitrogens is 1. The standard InChI is InChI=1S/C20H18ClFN2O2/c1-2-26-20(25)24-9-8-15-16-11-13(21)6-7-17(16)23-18(15)19(24)12-4-3-5-14(22)10-12/h3-7,10-11,19,23H,2,8-9H2,1H3. The normalized spacial score (nSPS) is 16.6. The van der Waals surface area contributed by atoms with Crippen LogP contribution in [0.4, 0.5) is 9.18 Å². The van der Waals surface area contributed by atoms with E-state index in [1.807, 2.05) is 24.3 Å². The quantitative estimate of drug-likeness (QED) is 0.683. The minimum absolute atomic E-state index is 0.292. The van der Waals surface area contributed by atoms with Gasteiger partial charge in [0.05, 0.1) is 6.61 Å². The predicted molar refractivity (Wildman–Crippen MR) is 99.0 cm³/mol. The van der Waals surface area contributed by atoms with Crippen LogP contribution in [0.15, 0.2) is 42.5 Å². The number of nitrogens with one attached hydrogen (secondary N) is 1. The number of nitrogens with zero attached hydrogens (tertiary/aromatic N) is 1. The molecule has 0 fully saturated rings. The molecule has 1 aliphatic rings. The molecule has 0 spiro atoms. The predicted octanol–water partition coefficient (Wildman–Crippen LogP) is 5.06. The highest BCUT2D eigenvalue weighted by Gasteiger charge is 2.35. The van der Waals surface area contributed by atoms with E-state index in [9.17, 15) is 9.18 Å². The minimum Gasteiger partial charge on any atom is -0.450 e. The fourth-order valence-corrected chi connectivity index (χ4v) is 3.86. The summed E-state index contributed by atoms with van der Waals surface area (Å²) in [6, 6.07) is 11.6. The lowest BCUT2D eigenvalue weighted by Gasteiger charge is -2.35. The van der Waals surface area contributed by atoms with Crippen LogP contribution in [0.5, 0.6) is 0 Å². The third-order valence-electron chi connectivity index (χ3n) is 4.76. The van der Waals surface area contributed by atoms with Gasteiger partial charge in [-0.3, -0.25) is 4.90 Å². The Kier molecular flexibility index (Phi) is 4.32. The van der Waals surface area contributed by atoms with Crippen LogP contribution in [0.25, 0.3) is 10.9 Å². The van der Waals surface area contributed by atoms with Gasteiger partial charge in [0.1, 0.15) is 11.9 Å². The second kappa shape index (κ2) is 6.65. The van der Waals surface area contributed by atoms with Gasteiger partial charge in [-0.15, -0.1) is 0 Å². The van der Waals surface area contributed by atoms with Crippen molar-refractivity contribution in [1.29, 1.82) is 0 Å². The number of ether oxygens (including phenoxy) is 1. The highest BCUT2D eigenvalue weighted by atomic mass is 35.5. The van der Waals surface area contributed by atoms with Gasteiger partial charge in [-0.25, -0.2) is 9.18 Å². The molecule has 0 aliphatic carbocycles. The van der Waals surface area contributed by atoms with Gasteiger partial charge in [-0.05, 0) is 54.8 Å². The van der Waals surface area contributed by atoms with Crippen molar-refractivity contribution in [3.05, 3.63) is 70.1 Å². The van der Waals surface area contributed by atoms with E-state index in [2.05, 4.69) is 4.98 Å². The van der Waals surface area contributed by atoms with Gasteiger partial charge >= 0.3 is 6.09 Å². The lowest BCUT2D eigenvalue weighted by atomic mass is 9.92. The van der Waals surface area contributed by atoms with Gasteiger partial charge in [-0.1, -0.05) is 23.7 Å². The zero-order valence-corrected chi connectivity index (χ0v) is 15.0. The van der Waals surface area contributed by atoms with E-state index >= 15 is 0 Å². The van der Waals surface area contributed by atoms with E-state index in [0.717, 1.165) is 22.2 Å². The Morgan fingerprint density at radius 3 is 2.96 bits per heavy atom. The van der Waals surface area contributed by atoms with Gasteiger partial charge in [0.25, 0.3) is 0 Å². The summed E-state index contributed by atoms with van der Waals surface area (Å²) in [4.78, 5) is 17.6. The number of benzene rings is 2. The van der Waals surface area contributed by atoms with E-state index in [-0.39, 0.29) is 5.82 Å². The molecule has 6 heteroatoms. The largest absolute Gasteiger partial charge is 0.450 e. The van der Waals surface area contributed by atoms with E-state index in [4.69, 9.17) is 16.3 Å². The lowest BCUT2D eigenvalue weighted by molar-refractivity contribution is 0.0931. The molecule has 2 heterocycles. The maximum absolute atomic E-state index is 13.9. The van der Waals surface area contributed by atoms with Crippen LogP contribution in [-0.2, 0) is 11.2 Å². The number of aromatic nitrogens is 1. The van der Waals surface area contributed by atoms with Crippen LogP contribution in [0.1, 0.15) is 29.8 Å². The van der Waals surface area contributed by atoms with Crippen molar-refractivity contribution in [3.8, 4) is 0 Å². The van der Waals surface area contributed by atoms with Crippen molar-refractivity contribution < 1.29 is 13.9 Å². The third kappa shape index (κ3) is 2.82. The van der Waals surface area contributed by atoms with Crippen molar-refractivity contribution in [1.82, 2.24) is 9.88 Å². The van der Waals surface area contributed by atoms with E-state index in [1.165, 1.54) is 12.1 Å². The van der Waals surface area contributed by atoms with Crippen LogP contribution in [0.2, 0.25) is 5.02 Å². The number of carbonyl (C=O) groups excluding carboxylic acids is 1. The number of hydrogen-bond acceptors (Lipinski definition) is 2. The summed E-state index contributed by atoms with van der Waals surface area (Å²) in [5, 5.41) is 1.70. The highest BCUT2D eigenvalue weighted by molar-refractivity contribution is 6.31. The molecule has 1 amide bonds. The molecule has 1 aliphatic heterocycles. The first-order chi connectivity index (χ1) is 12.6. The van der Waals surface area contributed by atoms with Gasteiger partial charge in [0.15, 0.2) is 0 Å². The molecule has 4 rings (SSSR count). The summed E-state index contributed by atoms with van der Waals surface area (Å²) in [6.45, 7) is 2.56. The molecule has 1 atom stereocenters. The monoisotopic (exact) mass is 372 g/mol. The molecule has 0 saturated carbocycles. The number of rotatable bonds is 2. The molecule has 1 aromatic heterocycles. The summed E-state index contributed by atoms with van der Waals surface area (Å²) in [6.07, 6.45) is 0.282. The Balaban J connectivity index is 1.89. The van der Waals surface area contributed by atoms with Crippen LogP contribution >= 0.6 is 11.6 Å². The Bertz CT molecular complexity index is 985. The Morgan fingerprint density at radius 2 is 2.19 bits per heavy atom. The SMILES string of the molecule is CCOC(=O)N1CCc2c([nH]c3ccc(Cl)cc23)C1c1cccc(F)c1. The van der Waals surface area contributed by atoms with Crippen LogP contribution in [-0.4, -0.2) is 29.1 Å². The first-order valence-electron chi connectivity index (χ1n) is 8.57. The number of halogens is 2. The second-order valence-corrected chi connectivity index (χ2v) is 6.74. The van der Waals surface area contributed by atoms with E-state index < -0.39 is 12.1 Å². The molecule has 0 saturated heterocycles. The van der Waals surface area contributed by atoms with Gasteiger partial charge in [-0.2, -0.15) is 0 Å². The van der Waals surface area contributed by atoms with Gasteiger partial charge < -0.3 is 9.72 Å². The minimum atomic E-state index is -0.431. The number of carbonyl (C=O) groups is 1. The fourth-order valence-electron chi connectivity index (χ4n) is 3.69. The molecule has 134 valence electrons. The van der Waals surface area contributed by atoms with Crippen molar-refractivity contribution in [2.45, 2.75) is 19.4 Å². The molecule has 26 heavy (non-hydrogen) atoms. The second-order valence-electron chi connectivity index (χ2n) is 6.31.